The highest BCUT2D eigenvalue weighted by Gasteiger charge is 2.33. The first-order valence-electron chi connectivity index (χ1n) is 13.6. The molecule has 0 aliphatic rings. The van der Waals surface area contributed by atoms with Crippen molar-refractivity contribution in [1.82, 2.24) is 10.2 Å². The van der Waals surface area contributed by atoms with Crippen LogP contribution in [0.5, 0.6) is 0 Å². The Balaban J connectivity index is 2.40. The van der Waals surface area contributed by atoms with Gasteiger partial charge in [0.05, 0.1) is 0 Å². The van der Waals surface area contributed by atoms with Crippen LogP contribution in [0.4, 0.5) is 10.5 Å². The van der Waals surface area contributed by atoms with Crippen molar-refractivity contribution in [3.05, 3.63) is 64.7 Å². The molecule has 1 atom stereocenters. The van der Waals surface area contributed by atoms with Crippen LogP contribution < -0.4 is 10.6 Å². The van der Waals surface area contributed by atoms with E-state index < -0.39 is 17.7 Å². The zero-order chi connectivity index (χ0) is 28.3. The van der Waals surface area contributed by atoms with Gasteiger partial charge in [0.1, 0.15) is 18.2 Å². The second kappa shape index (κ2) is 14.6. The average Bonchev–Trinajstić information content (AvgIpc) is 2.83. The lowest BCUT2D eigenvalue weighted by Gasteiger charge is -2.33. The zero-order valence-corrected chi connectivity index (χ0v) is 24.1. The van der Waals surface area contributed by atoms with Crippen LogP contribution >= 0.6 is 0 Å². The van der Waals surface area contributed by atoms with Gasteiger partial charge >= 0.3 is 6.09 Å². The summed E-state index contributed by atoms with van der Waals surface area (Å²) in [4.78, 5) is 41.4. The molecule has 3 amide bonds. The lowest BCUT2D eigenvalue weighted by molar-refractivity contribution is -0.138. The molecule has 208 valence electrons. The van der Waals surface area contributed by atoms with Gasteiger partial charge in [0.15, 0.2) is 0 Å². The van der Waals surface area contributed by atoms with Crippen molar-refractivity contribution in [2.24, 2.45) is 0 Å². The maximum Gasteiger partial charge on any atom is 0.408 e. The van der Waals surface area contributed by atoms with E-state index in [0.29, 0.717) is 12.2 Å². The fourth-order valence-electron chi connectivity index (χ4n) is 4.34. The summed E-state index contributed by atoms with van der Waals surface area (Å²) in [6.07, 6.45) is 4.36. The zero-order valence-electron chi connectivity index (χ0n) is 24.1. The Labute approximate surface area is 228 Å². The SMILES string of the molecule is CCCCCCCN(C(=O)CNC(=O)OC(C)(C)C)C(C(=O)Nc1ccccc1C)c1ccc(C)cc1C. The summed E-state index contributed by atoms with van der Waals surface area (Å²) in [5.41, 5.74) is 3.73. The van der Waals surface area contributed by atoms with Crippen molar-refractivity contribution in [2.45, 2.75) is 92.2 Å². The van der Waals surface area contributed by atoms with Crippen molar-refractivity contribution in [3.8, 4) is 0 Å². The molecule has 0 radical (unpaired) electrons. The van der Waals surface area contributed by atoms with Crippen molar-refractivity contribution in [2.75, 3.05) is 18.4 Å². The molecule has 0 fully saturated rings. The first kappa shape index (κ1) is 30.9. The molecular weight excluding hydrogens is 478 g/mol. The molecule has 0 aliphatic carbocycles. The Morgan fingerprint density at radius 1 is 0.921 bits per heavy atom. The molecule has 0 spiro atoms. The first-order chi connectivity index (χ1) is 17.9. The molecule has 0 saturated carbocycles. The van der Waals surface area contributed by atoms with E-state index in [4.69, 9.17) is 4.74 Å². The number of unbranched alkanes of at least 4 members (excludes halogenated alkanes) is 4. The highest BCUT2D eigenvalue weighted by Crippen LogP contribution is 2.28. The number of rotatable bonds is 12. The van der Waals surface area contributed by atoms with E-state index >= 15 is 0 Å². The average molecular weight is 524 g/mol. The monoisotopic (exact) mass is 523 g/mol. The van der Waals surface area contributed by atoms with Crippen molar-refractivity contribution >= 4 is 23.6 Å². The number of anilines is 1. The summed E-state index contributed by atoms with van der Waals surface area (Å²) < 4.78 is 5.31. The number of benzene rings is 2. The van der Waals surface area contributed by atoms with E-state index in [-0.39, 0.29) is 18.4 Å². The second-order valence-corrected chi connectivity index (χ2v) is 10.9. The topological polar surface area (TPSA) is 87.7 Å². The molecule has 2 aromatic carbocycles. The summed E-state index contributed by atoms with van der Waals surface area (Å²) in [5, 5.41) is 5.62. The summed E-state index contributed by atoms with van der Waals surface area (Å²) >= 11 is 0. The van der Waals surface area contributed by atoms with Crippen LogP contribution in [0, 0.1) is 20.8 Å². The van der Waals surface area contributed by atoms with Crippen LogP contribution in [0.25, 0.3) is 0 Å². The second-order valence-electron chi connectivity index (χ2n) is 10.9. The van der Waals surface area contributed by atoms with Gasteiger partial charge < -0.3 is 20.3 Å². The molecule has 0 bridgehead atoms. The number of para-hydroxylation sites is 1. The summed E-state index contributed by atoms with van der Waals surface area (Å²) in [6, 6.07) is 12.6. The molecule has 0 aromatic heterocycles. The predicted molar refractivity (Wildman–Crippen MR) is 153 cm³/mol. The number of nitrogens with zero attached hydrogens (tertiary/aromatic N) is 1. The fraction of sp³-hybridized carbons (Fsp3) is 0.516. The lowest BCUT2D eigenvalue weighted by atomic mass is 9.96. The largest absolute Gasteiger partial charge is 0.444 e. The Morgan fingerprint density at radius 3 is 2.24 bits per heavy atom. The first-order valence-corrected chi connectivity index (χ1v) is 13.6. The maximum atomic E-state index is 13.9. The third-order valence-electron chi connectivity index (χ3n) is 6.29. The molecular formula is C31H45N3O4. The van der Waals surface area contributed by atoms with Crippen LogP contribution in [-0.2, 0) is 14.3 Å². The molecule has 1 unspecified atom stereocenters. The quantitative estimate of drug-likeness (QED) is 0.306. The number of carbonyl (C=O) groups is 3. The van der Waals surface area contributed by atoms with Crippen LogP contribution in [0.1, 0.15) is 88.1 Å². The minimum absolute atomic E-state index is 0.261. The minimum atomic E-state index is -0.852. The molecule has 2 aromatic rings. The van der Waals surface area contributed by atoms with Crippen molar-refractivity contribution in [3.63, 3.8) is 0 Å². The standard InChI is InChI=1S/C31H45N3O4/c1-8-9-10-11-14-19-34(27(35)21-32-30(37)38-31(5,6)7)28(25-18-17-22(2)20-24(25)4)29(36)33-26-16-13-12-15-23(26)3/h12-13,15-18,20,28H,8-11,14,19,21H2,1-7H3,(H,32,37)(H,33,36). The van der Waals surface area contributed by atoms with Crippen LogP contribution in [0.2, 0.25) is 0 Å². The van der Waals surface area contributed by atoms with Gasteiger partial charge in [-0.2, -0.15) is 0 Å². The van der Waals surface area contributed by atoms with Gasteiger partial charge in [-0.05, 0) is 70.7 Å². The summed E-state index contributed by atoms with van der Waals surface area (Å²) in [6.45, 7) is 13.5. The highest BCUT2D eigenvalue weighted by atomic mass is 16.6. The number of hydrogen-bond acceptors (Lipinski definition) is 4. The molecule has 38 heavy (non-hydrogen) atoms. The Kier molecular flexibility index (Phi) is 11.8. The number of alkyl carbamates (subject to hydrolysis) is 1. The maximum absolute atomic E-state index is 13.9. The summed E-state index contributed by atoms with van der Waals surface area (Å²) in [5.74, 6) is -0.623. The molecule has 2 N–H and O–H groups in total. The number of amides is 3. The van der Waals surface area contributed by atoms with E-state index in [9.17, 15) is 14.4 Å². The molecule has 0 saturated heterocycles. The fourth-order valence-corrected chi connectivity index (χ4v) is 4.34. The van der Waals surface area contributed by atoms with Gasteiger partial charge in [0.25, 0.3) is 5.91 Å². The van der Waals surface area contributed by atoms with Gasteiger partial charge in [-0.25, -0.2) is 4.79 Å². The van der Waals surface area contributed by atoms with E-state index in [1.165, 1.54) is 0 Å². The van der Waals surface area contributed by atoms with Crippen LogP contribution in [0.15, 0.2) is 42.5 Å². The number of nitrogens with one attached hydrogen (secondary N) is 2. The normalized spacial score (nSPS) is 12.0. The van der Waals surface area contributed by atoms with E-state index in [2.05, 4.69) is 17.6 Å². The third-order valence-corrected chi connectivity index (χ3v) is 6.29. The van der Waals surface area contributed by atoms with Crippen molar-refractivity contribution < 1.29 is 19.1 Å². The van der Waals surface area contributed by atoms with Gasteiger partial charge in [0.2, 0.25) is 5.91 Å². The summed E-state index contributed by atoms with van der Waals surface area (Å²) in [7, 11) is 0. The predicted octanol–water partition coefficient (Wildman–Crippen LogP) is 6.62. The molecule has 0 heterocycles. The number of hydrogen-bond donors (Lipinski definition) is 2. The lowest BCUT2D eigenvalue weighted by Crippen LogP contribution is -2.47. The Bertz CT molecular complexity index is 1090. The Hall–Kier alpha value is -3.35. The van der Waals surface area contributed by atoms with Gasteiger partial charge in [-0.3, -0.25) is 9.59 Å². The highest BCUT2D eigenvalue weighted by molar-refractivity contribution is 5.99. The van der Waals surface area contributed by atoms with E-state index in [0.717, 1.165) is 54.4 Å². The molecule has 2 rings (SSSR count). The van der Waals surface area contributed by atoms with E-state index in [1.807, 2.05) is 63.2 Å². The smallest absolute Gasteiger partial charge is 0.408 e. The van der Waals surface area contributed by atoms with Gasteiger partial charge in [-0.1, -0.05) is 74.6 Å². The third kappa shape index (κ3) is 9.84. The number of aryl methyl sites for hydroxylation is 3. The number of ether oxygens (including phenoxy) is 1. The van der Waals surface area contributed by atoms with Crippen LogP contribution in [-0.4, -0.2) is 41.5 Å². The van der Waals surface area contributed by atoms with E-state index in [1.54, 1.807) is 25.7 Å². The van der Waals surface area contributed by atoms with Gasteiger partial charge in [-0.15, -0.1) is 0 Å². The molecule has 7 heteroatoms. The van der Waals surface area contributed by atoms with Crippen LogP contribution in [0.3, 0.4) is 0 Å². The number of carbonyl (C=O) groups excluding carboxylic acids is 3. The molecule has 0 aliphatic heterocycles. The van der Waals surface area contributed by atoms with Gasteiger partial charge in [0, 0.05) is 12.2 Å². The minimum Gasteiger partial charge on any atom is -0.444 e. The Morgan fingerprint density at radius 2 is 1.61 bits per heavy atom. The molecule has 7 nitrogen and oxygen atoms in total. The van der Waals surface area contributed by atoms with Crippen molar-refractivity contribution in [1.29, 1.82) is 0 Å².